The number of fused-ring (bicyclic) bond motifs is 2. The number of amides is 1. The molecular formula is C24H25N3O2. The summed E-state index contributed by atoms with van der Waals surface area (Å²) in [6.45, 7) is 6.49. The molecule has 0 aliphatic carbocycles. The zero-order chi connectivity index (χ0) is 19.8. The second-order valence-electron chi connectivity index (χ2n) is 7.86. The average molecular weight is 387 g/mol. The van der Waals surface area contributed by atoms with Crippen LogP contribution in [0.15, 0.2) is 42.5 Å². The summed E-state index contributed by atoms with van der Waals surface area (Å²) >= 11 is 0. The minimum Gasteiger partial charge on any atom is -0.378 e. The van der Waals surface area contributed by atoms with E-state index in [0.717, 1.165) is 41.7 Å². The number of pyridine rings is 1. The van der Waals surface area contributed by atoms with Gasteiger partial charge >= 0.3 is 0 Å². The topological polar surface area (TPSA) is 54.5 Å². The Bertz CT molecular complexity index is 1090. The summed E-state index contributed by atoms with van der Waals surface area (Å²) < 4.78 is 5.38. The first-order valence-corrected chi connectivity index (χ1v) is 10.3. The lowest BCUT2D eigenvalue weighted by Gasteiger charge is -2.27. The molecule has 1 aromatic heterocycles. The minimum atomic E-state index is 0.0678. The van der Waals surface area contributed by atoms with Crippen molar-refractivity contribution >= 4 is 16.8 Å². The Kier molecular flexibility index (Phi) is 4.78. The predicted octanol–water partition coefficient (Wildman–Crippen LogP) is 3.33. The Morgan fingerprint density at radius 1 is 1.07 bits per heavy atom. The summed E-state index contributed by atoms with van der Waals surface area (Å²) in [5.74, 6) is 0.0678. The molecule has 29 heavy (non-hydrogen) atoms. The maximum Gasteiger partial charge on any atom is 0.254 e. The summed E-state index contributed by atoms with van der Waals surface area (Å²) in [6, 6.07) is 14.7. The summed E-state index contributed by atoms with van der Waals surface area (Å²) in [7, 11) is 0. The molecule has 1 saturated heterocycles. The molecule has 1 fully saturated rings. The molecule has 0 atom stereocenters. The van der Waals surface area contributed by atoms with Crippen LogP contribution in [-0.4, -0.2) is 48.6 Å². The molecule has 0 spiro atoms. The van der Waals surface area contributed by atoms with E-state index in [1.807, 2.05) is 30.0 Å². The molecule has 0 saturated carbocycles. The minimum absolute atomic E-state index is 0.0678. The number of aromatic nitrogens is 1. The fraction of sp³-hybridized carbons (Fsp3) is 0.333. The van der Waals surface area contributed by atoms with Crippen molar-refractivity contribution in [1.29, 1.82) is 0 Å². The van der Waals surface area contributed by atoms with E-state index in [4.69, 9.17) is 9.72 Å². The van der Waals surface area contributed by atoms with E-state index in [9.17, 15) is 4.79 Å². The van der Waals surface area contributed by atoms with Crippen LogP contribution >= 0.6 is 0 Å². The standard InChI is InChI=1S/C24H25N3O2/c1-16-12-21(18-2-3-20-15-25-7-6-17(20)13-18)22-14-19(4-5-23(22)26-16)24(28)27-8-10-29-11-9-27/h2-5,12-14,25H,6-11,15H2,1H3. The van der Waals surface area contributed by atoms with Crippen LogP contribution in [0, 0.1) is 6.92 Å². The first kappa shape index (κ1) is 18.3. The largest absolute Gasteiger partial charge is 0.378 e. The third-order valence-corrected chi connectivity index (χ3v) is 5.89. The van der Waals surface area contributed by atoms with Crippen LogP contribution in [-0.2, 0) is 17.7 Å². The number of aryl methyl sites for hydroxylation is 1. The lowest BCUT2D eigenvalue weighted by molar-refractivity contribution is 0.0303. The van der Waals surface area contributed by atoms with Gasteiger partial charge in [-0.05, 0) is 66.4 Å². The monoisotopic (exact) mass is 387 g/mol. The Balaban J connectivity index is 1.60. The molecule has 2 aromatic carbocycles. The van der Waals surface area contributed by atoms with Crippen molar-refractivity contribution in [2.24, 2.45) is 0 Å². The number of hydrogen-bond acceptors (Lipinski definition) is 4. The molecule has 3 aromatic rings. The lowest BCUT2D eigenvalue weighted by atomic mass is 9.93. The van der Waals surface area contributed by atoms with E-state index in [1.54, 1.807) is 0 Å². The maximum atomic E-state index is 13.0. The van der Waals surface area contributed by atoms with Crippen LogP contribution in [0.3, 0.4) is 0 Å². The van der Waals surface area contributed by atoms with E-state index in [2.05, 4.69) is 29.6 Å². The summed E-state index contributed by atoms with van der Waals surface area (Å²) in [5.41, 5.74) is 7.75. The van der Waals surface area contributed by atoms with E-state index >= 15 is 0 Å². The van der Waals surface area contributed by atoms with Gasteiger partial charge in [-0.1, -0.05) is 18.2 Å². The first-order valence-electron chi connectivity index (χ1n) is 10.3. The van der Waals surface area contributed by atoms with Crippen LogP contribution < -0.4 is 5.32 Å². The highest BCUT2D eigenvalue weighted by atomic mass is 16.5. The molecule has 5 heteroatoms. The Hall–Kier alpha value is -2.76. The molecule has 0 unspecified atom stereocenters. The van der Waals surface area contributed by atoms with Gasteiger partial charge in [-0.15, -0.1) is 0 Å². The molecule has 1 amide bonds. The Morgan fingerprint density at radius 3 is 2.79 bits per heavy atom. The second kappa shape index (κ2) is 7.58. The van der Waals surface area contributed by atoms with Gasteiger partial charge in [0.25, 0.3) is 5.91 Å². The summed E-state index contributed by atoms with van der Waals surface area (Å²) in [6.07, 6.45) is 1.05. The van der Waals surface area contributed by atoms with Crippen molar-refractivity contribution < 1.29 is 9.53 Å². The molecule has 148 valence electrons. The van der Waals surface area contributed by atoms with Gasteiger partial charge in [-0.25, -0.2) is 0 Å². The summed E-state index contributed by atoms with van der Waals surface area (Å²) in [4.78, 5) is 19.6. The third kappa shape index (κ3) is 3.52. The fourth-order valence-corrected chi connectivity index (χ4v) is 4.32. The number of morpholine rings is 1. The van der Waals surface area contributed by atoms with Gasteiger partial charge in [0.2, 0.25) is 0 Å². The van der Waals surface area contributed by atoms with Crippen LogP contribution in [0.2, 0.25) is 0 Å². The Labute approximate surface area is 170 Å². The van der Waals surface area contributed by atoms with Crippen molar-refractivity contribution in [3.63, 3.8) is 0 Å². The van der Waals surface area contributed by atoms with Gasteiger partial charge < -0.3 is 15.0 Å². The van der Waals surface area contributed by atoms with Gasteiger partial charge in [0, 0.05) is 36.3 Å². The van der Waals surface area contributed by atoms with Crippen molar-refractivity contribution in [1.82, 2.24) is 15.2 Å². The molecule has 2 aliphatic rings. The van der Waals surface area contributed by atoms with Crippen molar-refractivity contribution in [3.05, 3.63) is 64.8 Å². The molecule has 0 radical (unpaired) electrons. The van der Waals surface area contributed by atoms with E-state index in [1.165, 1.54) is 16.7 Å². The number of carbonyl (C=O) groups is 1. The third-order valence-electron chi connectivity index (χ3n) is 5.89. The molecule has 1 N–H and O–H groups in total. The number of benzene rings is 2. The number of nitrogens with zero attached hydrogens (tertiary/aromatic N) is 2. The highest BCUT2D eigenvalue weighted by Crippen LogP contribution is 2.31. The van der Waals surface area contributed by atoms with Crippen LogP contribution in [0.1, 0.15) is 27.2 Å². The normalized spacial score (nSPS) is 16.7. The Morgan fingerprint density at radius 2 is 1.93 bits per heavy atom. The zero-order valence-corrected chi connectivity index (χ0v) is 16.7. The number of nitrogens with one attached hydrogen (secondary N) is 1. The number of rotatable bonds is 2. The van der Waals surface area contributed by atoms with Gasteiger partial charge in [0.15, 0.2) is 0 Å². The van der Waals surface area contributed by atoms with Crippen LogP contribution in [0.4, 0.5) is 0 Å². The van der Waals surface area contributed by atoms with Crippen molar-refractivity contribution in [2.45, 2.75) is 19.9 Å². The SMILES string of the molecule is Cc1cc(-c2ccc3c(c2)CCNC3)c2cc(C(=O)N3CCOCC3)ccc2n1. The van der Waals surface area contributed by atoms with Gasteiger partial charge in [0.05, 0.1) is 18.7 Å². The highest BCUT2D eigenvalue weighted by Gasteiger charge is 2.20. The highest BCUT2D eigenvalue weighted by molar-refractivity contribution is 6.02. The predicted molar refractivity (Wildman–Crippen MR) is 114 cm³/mol. The number of ether oxygens (including phenoxy) is 1. The number of carbonyl (C=O) groups excluding carboxylic acids is 1. The second-order valence-corrected chi connectivity index (χ2v) is 7.86. The molecule has 2 aliphatic heterocycles. The van der Waals surface area contributed by atoms with Crippen LogP contribution in [0.25, 0.3) is 22.0 Å². The van der Waals surface area contributed by atoms with Crippen molar-refractivity contribution in [2.75, 3.05) is 32.8 Å². The van der Waals surface area contributed by atoms with Crippen LogP contribution in [0.5, 0.6) is 0 Å². The van der Waals surface area contributed by atoms with Gasteiger partial charge in [-0.2, -0.15) is 0 Å². The summed E-state index contributed by atoms with van der Waals surface area (Å²) in [5, 5.41) is 4.46. The first-order chi connectivity index (χ1) is 14.2. The molecule has 3 heterocycles. The maximum absolute atomic E-state index is 13.0. The smallest absolute Gasteiger partial charge is 0.254 e. The quantitative estimate of drug-likeness (QED) is 0.733. The van der Waals surface area contributed by atoms with E-state index < -0.39 is 0 Å². The molecule has 5 rings (SSSR count). The zero-order valence-electron chi connectivity index (χ0n) is 16.7. The lowest BCUT2D eigenvalue weighted by Crippen LogP contribution is -2.40. The van der Waals surface area contributed by atoms with E-state index in [0.29, 0.717) is 31.9 Å². The van der Waals surface area contributed by atoms with Gasteiger partial charge in [-0.3, -0.25) is 9.78 Å². The van der Waals surface area contributed by atoms with Crippen molar-refractivity contribution in [3.8, 4) is 11.1 Å². The van der Waals surface area contributed by atoms with E-state index in [-0.39, 0.29) is 5.91 Å². The molecular weight excluding hydrogens is 362 g/mol. The average Bonchev–Trinajstić information content (AvgIpc) is 2.78. The fourth-order valence-electron chi connectivity index (χ4n) is 4.32. The van der Waals surface area contributed by atoms with Gasteiger partial charge in [0.1, 0.15) is 0 Å². The molecule has 0 bridgehead atoms. The number of hydrogen-bond donors (Lipinski definition) is 1. The molecule has 5 nitrogen and oxygen atoms in total.